The van der Waals surface area contributed by atoms with Crippen molar-refractivity contribution in [3.8, 4) is 11.5 Å². The topological polar surface area (TPSA) is 63.7 Å². The summed E-state index contributed by atoms with van der Waals surface area (Å²) < 4.78 is 11.0. The first-order chi connectivity index (χ1) is 14.2. The van der Waals surface area contributed by atoms with Gasteiger partial charge in [0, 0.05) is 12.7 Å². The molecule has 0 saturated heterocycles. The Labute approximate surface area is 170 Å². The van der Waals surface area contributed by atoms with Crippen LogP contribution in [0.15, 0.2) is 66.9 Å². The lowest BCUT2D eigenvalue weighted by atomic mass is 10.2. The summed E-state index contributed by atoms with van der Waals surface area (Å²) in [6.45, 7) is 2.96. The van der Waals surface area contributed by atoms with Crippen LogP contribution >= 0.6 is 0 Å². The van der Waals surface area contributed by atoms with Crippen LogP contribution in [0.5, 0.6) is 11.5 Å². The van der Waals surface area contributed by atoms with Crippen LogP contribution < -0.4 is 14.8 Å². The van der Waals surface area contributed by atoms with Crippen molar-refractivity contribution >= 4 is 11.6 Å². The zero-order valence-electron chi connectivity index (χ0n) is 16.5. The number of carbonyl (C=O) groups excluding carboxylic acids is 1. The number of rotatable bonds is 7. The molecule has 1 unspecified atom stereocenters. The molecule has 1 amide bonds. The van der Waals surface area contributed by atoms with Crippen LogP contribution in [0.25, 0.3) is 0 Å². The summed E-state index contributed by atoms with van der Waals surface area (Å²) >= 11 is 0. The van der Waals surface area contributed by atoms with E-state index >= 15 is 0 Å². The Morgan fingerprint density at radius 1 is 1.07 bits per heavy atom. The van der Waals surface area contributed by atoms with Gasteiger partial charge < -0.3 is 19.7 Å². The van der Waals surface area contributed by atoms with Gasteiger partial charge in [-0.1, -0.05) is 24.3 Å². The molecule has 0 spiro atoms. The maximum absolute atomic E-state index is 13.1. The van der Waals surface area contributed by atoms with Crippen molar-refractivity contribution in [2.75, 3.05) is 19.0 Å². The minimum absolute atomic E-state index is 0.0460. The Bertz CT molecular complexity index is 1000. The largest absolute Gasteiger partial charge is 0.497 e. The second-order valence-corrected chi connectivity index (χ2v) is 6.69. The molecule has 1 aromatic heterocycles. The Morgan fingerprint density at radius 3 is 2.62 bits per heavy atom. The van der Waals surface area contributed by atoms with Crippen LogP contribution in [-0.2, 0) is 6.54 Å². The summed E-state index contributed by atoms with van der Waals surface area (Å²) in [5.74, 6) is 1.48. The van der Waals surface area contributed by atoms with E-state index in [1.54, 1.807) is 24.3 Å². The minimum atomic E-state index is -0.387. The SMILES string of the molecule is CCOc1ccccc1NC1c2ncccc2C(=O)N1Cc1ccc(OC)cc1. The van der Waals surface area contributed by atoms with Crippen LogP contribution in [0.4, 0.5) is 5.69 Å². The molecule has 0 aliphatic carbocycles. The molecule has 0 saturated carbocycles. The monoisotopic (exact) mass is 389 g/mol. The lowest BCUT2D eigenvalue weighted by molar-refractivity contribution is 0.0727. The molecule has 2 heterocycles. The van der Waals surface area contributed by atoms with Crippen molar-refractivity contribution in [1.29, 1.82) is 0 Å². The van der Waals surface area contributed by atoms with Crippen LogP contribution in [0, 0.1) is 0 Å². The van der Waals surface area contributed by atoms with E-state index in [1.807, 2.05) is 61.5 Å². The maximum Gasteiger partial charge on any atom is 0.258 e. The Kier molecular flexibility index (Phi) is 5.33. The first-order valence-corrected chi connectivity index (χ1v) is 9.58. The van der Waals surface area contributed by atoms with Crippen molar-refractivity contribution in [2.45, 2.75) is 19.6 Å². The smallest absolute Gasteiger partial charge is 0.258 e. The molecule has 0 radical (unpaired) electrons. The van der Waals surface area contributed by atoms with E-state index in [2.05, 4.69) is 10.3 Å². The minimum Gasteiger partial charge on any atom is -0.497 e. The highest BCUT2D eigenvalue weighted by Crippen LogP contribution is 2.36. The Balaban J connectivity index is 1.67. The number of carbonyl (C=O) groups is 1. The molecular formula is C23H23N3O3. The van der Waals surface area contributed by atoms with Gasteiger partial charge in [0.1, 0.15) is 17.7 Å². The van der Waals surface area contributed by atoms with Crippen molar-refractivity contribution < 1.29 is 14.3 Å². The zero-order chi connectivity index (χ0) is 20.2. The normalized spacial score (nSPS) is 15.2. The van der Waals surface area contributed by atoms with E-state index in [0.717, 1.165) is 28.4 Å². The van der Waals surface area contributed by atoms with Gasteiger partial charge >= 0.3 is 0 Å². The zero-order valence-corrected chi connectivity index (χ0v) is 16.5. The van der Waals surface area contributed by atoms with Gasteiger partial charge in [-0.2, -0.15) is 0 Å². The van der Waals surface area contributed by atoms with E-state index in [0.29, 0.717) is 18.7 Å². The number of methoxy groups -OCH3 is 1. The first-order valence-electron chi connectivity index (χ1n) is 9.58. The first kappa shape index (κ1) is 18.8. The average Bonchev–Trinajstić information content (AvgIpc) is 3.02. The Hall–Kier alpha value is -3.54. The number of nitrogens with one attached hydrogen (secondary N) is 1. The lowest BCUT2D eigenvalue weighted by Gasteiger charge is -2.27. The fraction of sp³-hybridized carbons (Fsp3) is 0.217. The van der Waals surface area contributed by atoms with E-state index in [1.165, 1.54) is 0 Å². The number of amides is 1. The third kappa shape index (κ3) is 3.74. The molecule has 3 aromatic rings. The number of anilines is 1. The summed E-state index contributed by atoms with van der Waals surface area (Å²) in [6.07, 6.45) is 1.33. The van der Waals surface area contributed by atoms with Gasteiger partial charge in [0.15, 0.2) is 0 Å². The molecule has 6 nitrogen and oxygen atoms in total. The van der Waals surface area contributed by atoms with E-state index in [4.69, 9.17) is 9.47 Å². The standard InChI is InChI=1S/C23H23N3O3/c1-3-29-20-9-5-4-8-19(20)25-22-21-18(7-6-14-24-21)23(27)26(22)15-16-10-12-17(28-2)13-11-16/h4-14,22,25H,3,15H2,1-2H3. The van der Waals surface area contributed by atoms with E-state index in [-0.39, 0.29) is 12.1 Å². The van der Waals surface area contributed by atoms with Gasteiger partial charge in [-0.15, -0.1) is 0 Å². The predicted octanol–water partition coefficient (Wildman–Crippen LogP) is 4.26. The molecule has 0 fully saturated rings. The van der Waals surface area contributed by atoms with Gasteiger partial charge in [0.2, 0.25) is 0 Å². The van der Waals surface area contributed by atoms with Crippen molar-refractivity contribution in [2.24, 2.45) is 0 Å². The highest BCUT2D eigenvalue weighted by Gasteiger charge is 2.38. The molecule has 1 N–H and O–H groups in total. The van der Waals surface area contributed by atoms with Crippen molar-refractivity contribution in [3.05, 3.63) is 83.7 Å². The molecule has 1 atom stereocenters. The molecule has 29 heavy (non-hydrogen) atoms. The highest BCUT2D eigenvalue weighted by atomic mass is 16.5. The van der Waals surface area contributed by atoms with Gasteiger partial charge in [-0.05, 0) is 48.9 Å². The summed E-state index contributed by atoms with van der Waals surface area (Å²) in [4.78, 5) is 19.4. The summed E-state index contributed by atoms with van der Waals surface area (Å²) in [5.41, 5.74) is 3.17. The van der Waals surface area contributed by atoms with Crippen molar-refractivity contribution in [3.63, 3.8) is 0 Å². The number of ether oxygens (including phenoxy) is 2. The fourth-order valence-corrected chi connectivity index (χ4v) is 3.49. The summed E-state index contributed by atoms with van der Waals surface area (Å²) in [7, 11) is 1.64. The average molecular weight is 389 g/mol. The molecule has 0 bridgehead atoms. The predicted molar refractivity (Wildman–Crippen MR) is 111 cm³/mol. The fourth-order valence-electron chi connectivity index (χ4n) is 3.49. The van der Waals surface area contributed by atoms with Crippen LogP contribution in [-0.4, -0.2) is 29.5 Å². The van der Waals surface area contributed by atoms with Crippen LogP contribution in [0.1, 0.15) is 34.7 Å². The number of benzene rings is 2. The number of aromatic nitrogens is 1. The van der Waals surface area contributed by atoms with E-state index < -0.39 is 0 Å². The number of nitrogens with zero attached hydrogens (tertiary/aromatic N) is 2. The molecule has 1 aliphatic heterocycles. The number of fused-ring (bicyclic) bond motifs is 1. The summed E-state index contributed by atoms with van der Waals surface area (Å²) in [5, 5.41) is 3.47. The molecule has 6 heteroatoms. The Morgan fingerprint density at radius 2 is 1.86 bits per heavy atom. The number of hydrogen-bond acceptors (Lipinski definition) is 5. The van der Waals surface area contributed by atoms with Gasteiger partial charge in [-0.25, -0.2) is 0 Å². The van der Waals surface area contributed by atoms with Crippen molar-refractivity contribution in [1.82, 2.24) is 9.88 Å². The van der Waals surface area contributed by atoms with Gasteiger partial charge in [0.05, 0.1) is 30.7 Å². The number of pyridine rings is 1. The highest BCUT2D eigenvalue weighted by molar-refractivity contribution is 5.99. The molecule has 4 rings (SSSR count). The van der Waals surface area contributed by atoms with Gasteiger partial charge in [0.25, 0.3) is 5.91 Å². The lowest BCUT2D eigenvalue weighted by Crippen LogP contribution is -2.32. The van der Waals surface area contributed by atoms with E-state index in [9.17, 15) is 4.79 Å². The third-order valence-corrected chi connectivity index (χ3v) is 4.89. The third-order valence-electron chi connectivity index (χ3n) is 4.89. The molecular weight excluding hydrogens is 366 g/mol. The summed E-state index contributed by atoms with van der Waals surface area (Å²) in [6, 6.07) is 19.1. The molecule has 1 aliphatic rings. The quantitative estimate of drug-likeness (QED) is 0.654. The second kappa shape index (κ2) is 8.22. The molecule has 148 valence electrons. The number of hydrogen-bond donors (Lipinski definition) is 1. The van der Waals surface area contributed by atoms with Gasteiger partial charge in [-0.3, -0.25) is 9.78 Å². The maximum atomic E-state index is 13.1. The molecule has 2 aromatic carbocycles. The van der Waals surface area contributed by atoms with Crippen LogP contribution in [0.2, 0.25) is 0 Å². The number of para-hydroxylation sites is 2. The second-order valence-electron chi connectivity index (χ2n) is 6.69. The van der Waals surface area contributed by atoms with Crippen LogP contribution in [0.3, 0.4) is 0 Å².